The van der Waals surface area contributed by atoms with Gasteiger partial charge in [0.15, 0.2) is 0 Å². The summed E-state index contributed by atoms with van der Waals surface area (Å²) in [6.45, 7) is 10.6. The van der Waals surface area contributed by atoms with Crippen molar-refractivity contribution < 1.29 is 4.74 Å². The summed E-state index contributed by atoms with van der Waals surface area (Å²) < 4.78 is 5.41. The summed E-state index contributed by atoms with van der Waals surface area (Å²) in [5, 5.41) is 0. The zero-order valence-electron chi connectivity index (χ0n) is 10.4. The molecule has 0 bridgehead atoms. The first-order chi connectivity index (χ1) is 7.00. The maximum absolute atomic E-state index is 5.54. The molecule has 1 heterocycles. The summed E-state index contributed by atoms with van der Waals surface area (Å²) in [6.07, 6.45) is 2.17. The van der Waals surface area contributed by atoms with Gasteiger partial charge in [-0.3, -0.25) is 5.84 Å². The molecule has 1 unspecified atom stereocenters. The van der Waals surface area contributed by atoms with Gasteiger partial charge < -0.3 is 10.2 Å². The zero-order chi connectivity index (χ0) is 11.5. The predicted octanol–water partition coefficient (Wildman–Crippen LogP) is 2.20. The summed E-state index contributed by atoms with van der Waals surface area (Å²) in [6, 6.07) is 0. The van der Waals surface area contributed by atoms with Crippen molar-refractivity contribution in [2.75, 3.05) is 13.2 Å². The van der Waals surface area contributed by atoms with Crippen LogP contribution >= 0.6 is 0 Å². The second-order valence-corrected chi connectivity index (χ2v) is 5.28. The maximum Gasteiger partial charge on any atom is 0.0875 e. The standard InChI is InChI=1S/C12H24N2O/c1-5-10(12(2,3)4)9-6-7-15-8-11(9)14-13/h10,14H,5-8,13H2,1-4H3. The van der Waals surface area contributed by atoms with Gasteiger partial charge in [0, 0.05) is 0 Å². The van der Waals surface area contributed by atoms with Gasteiger partial charge in [0.2, 0.25) is 0 Å². The van der Waals surface area contributed by atoms with Gasteiger partial charge in [-0.05, 0) is 29.7 Å². The Bertz CT molecular complexity index is 240. The van der Waals surface area contributed by atoms with Crippen LogP contribution in [0.5, 0.6) is 0 Å². The Labute approximate surface area is 93.0 Å². The number of rotatable bonds is 3. The maximum atomic E-state index is 5.54. The van der Waals surface area contributed by atoms with Crippen molar-refractivity contribution in [3.05, 3.63) is 11.3 Å². The first-order valence-corrected chi connectivity index (χ1v) is 5.77. The van der Waals surface area contributed by atoms with E-state index in [1.54, 1.807) is 0 Å². The van der Waals surface area contributed by atoms with Crippen molar-refractivity contribution in [3.8, 4) is 0 Å². The third kappa shape index (κ3) is 2.95. The third-order valence-electron chi connectivity index (χ3n) is 3.20. The minimum absolute atomic E-state index is 0.295. The normalized spacial score (nSPS) is 20.3. The minimum Gasteiger partial charge on any atom is -0.375 e. The van der Waals surface area contributed by atoms with E-state index >= 15 is 0 Å². The fourth-order valence-electron chi connectivity index (χ4n) is 2.50. The van der Waals surface area contributed by atoms with E-state index < -0.39 is 0 Å². The lowest BCUT2D eigenvalue weighted by Gasteiger charge is -2.35. The molecule has 0 amide bonds. The van der Waals surface area contributed by atoms with E-state index in [1.807, 2.05) is 0 Å². The molecule has 0 aliphatic carbocycles. The van der Waals surface area contributed by atoms with E-state index in [0.717, 1.165) is 25.1 Å². The van der Waals surface area contributed by atoms with Gasteiger partial charge >= 0.3 is 0 Å². The van der Waals surface area contributed by atoms with Crippen LogP contribution in [0.25, 0.3) is 0 Å². The van der Waals surface area contributed by atoms with Crippen LogP contribution in [0.1, 0.15) is 40.5 Å². The summed E-state index contributed by atoms with van der Waals surface area (Å²) >= 11 is 0. The van der Waals surface area contributed by atoms with E-state index in [2.05, 4.69) is 33.1 Å². The molecule has 1 aliphatic rings. The van der Waals surface area contributed by atoms with Crippen LogP contribution in [0.4, 0.5) is 0 Å². The van der Waals surface area contributed by atoms with Crippen molar-refractivity contribution in [1.82, 2.24) is 5.43 Å². The molecule has 0 aromatic rings. The number of hydrazine groups is 1. The third-order valence-corrected chi connectivity index (χ3v) is 3.20. The molecule has 1 aliphatic heterocycles. The van der Waals surface area contributed by atoms with E-state index in [9.17, 15) is 0 Å². The zero-order valence-corrected chi connectivity index (χ0v) is 10.4. The van der Waals surface area contributed by atoms with Crippen LogP contribution in [0.15, 0.2) is 11.3 Å². The lowest BCUT2D eigenvalue weighted by Crippen LogP contribution is -2.34. The molecule has 0 spiro atoms. The Morgan fingerprint density at radius 3 is 2.60 bits per heavy atom. The average Bonchev–Trinajstić information content (AvgIpc) is 2.17. The van der Waals surface area contributed by atoms with Gasteiger partial charge in [0.25, 0.3) is 0 Å². The van der Waals surface area contributed by atoms with Crippen molar-refractivity contribution in [1.29, 1.82) is 0 Å². The van der Waals surface area contributed by atoms with Crippen LogP contribution in [-0.2, 0) is 4.74 Å². The Morgan fingerprint density at radius 1 is 1.47 bits per heavy atom. The van der Waals surface area contributed by atoms with Gasteiger partial charge in [0.05, 0.1) is 18.9 Å². The molecule has 1 atom stereocenters. The van der Waals surface area contributed by atoms with Gasteiger partial charge in [-0.25, -0.2) is 0 Å². The highest BCUT2D eigenvalue weighted by Gasteiger charge is 2.29. The van der Waals surface area contributed by atoms with E-state index in [0.29, 0.717) is 17.9 Å². The lowest BCUT2D eigenvalue weighted by atomic mass is 9.73. The Morgan fingerprint density at radius 2 is 2.13 bits per heavy atom. The molecule has 88 valence electrons. The van der Waals surface area contributed by atoms with Crippen LogP contribution in [0, 0.1) is 11.3 Å². The van der Waals surface area contributed by atoms with Crippen molar-refractivity contribution >= 4 is 0 Å². The molecule has 3 N–H and O–H groups in total. The molecule has 1 rings (SSSR count). The molecule has 0 saturated heterocycles. The molecule has 0 radical (unpaired) electrons. The predicted molar refractivity (Wildman–Crippen MR) is 63.0 cm³/mol. The van der Waals surface area contributed by atoms with Gasteiger partial charge in [-0.1, -0.05) is 27.7 Å². The first-order valence-electron chi connectivity index (χ1n) is 5.77. The topological polar surface area (TPSA) is 47.3 Å². The highest BCUT2D eigenvalue weighted by molar-refractivity contribution is 5.19. The van der Waals surface area contributed by atoms with Gasteiger partial charge in [-0.2, -0.15) is 0 Å². The molecular formula is C12H24N2O. The molecule has 15 heavy (non-hydrogen) atoms. The summed E-state index contributed by atoms with van der Waals surface area (Å²) in [5.74, 6) is 6.13. The molecule has 0 aromatic heterocycles. The van der Waals surface area contributed by atoms with Gasteiger partial charge in [-0.15, -0.1) is 0 Å². The van der Waals surface area contributed by atoms with Crippen LogP contribution in [0.3, 0.4) is 0 Å². The van der Waals surface area contributed by atoms with E-state index in [-0.39, 0.29) is 0 Å². The second-order valence-electron chi connectivity index (χ2n) is 5.28. The lowest BCUT2D eigenvalue weighted by molar-refractivity contribution is 0.128. The van der Waals surface area contributed by atoms with Crippen molar-refractivity contribution in [3.63, 3.8) is 0 Å². The summed E-state index contributed by atoms with van der Waals surface area (Å²) in [7, 11) is 0. The number of nitrogens with two attached hydrogens (primary N) is 1. The van der Waals surface area contributed by atoms with Gasteiger partial charge in [0.1, 0.15) is 0 Å². The smallest absolute Gasteiger partial charge is 0.0875 e. The number of nitrogens with one attached hydrogen (secondary N) is 1. The number of ether oxygens (including phenoxy) is 1. The molecule has 0 saturated carbocycles. The van der Waals surface area contributed by atoms with Crippen molar-refractivity contribution in [2.24, 2.45) is 17.2 Å². The van der Waals surface area contributed by atoms with Crippen molar-refractivity contribution in [2.45, 2.75) is 40.5 Å². The Hall–Kier alpha value is -0.540. The van der Waals surface area contributed by atoms with E-state index in [4.69, 9.17) is 10.6 Å². The molecule has 3 nitrogen and oxygen atoms in total. The first kappa shape index (κ1) is 12.5. The van der Waals surface area contributed by atoms with Crippen LogP contribution in [0.2, 0.25) is 0 Å². The molecule has 0 aromatic carbocycles. The molecule has 3 heteroatoms. The van der Waals surface area contributed by atoms with Crippen LogP contribution < -0.4 is 11.3 Å². The fourth-order valence-corrected chi connectivity index (χ4v) is 2.50. The number of hydrogen-bond donors (Lipinski definition) is 2. The number of hydrogen-bond acceptors (Lipinski definition) is 3. The monoisotopic (exact) mass is 212 g/mol. The van der Waals surface area contributed by atoms with E-state index in [1.165, 1.54) is 5.57 Å². The quantitative estimate of drug-likeness (QED) is 0.557. The second kappa shape index (κ2) is 4.99. The summed E-state index contributed by atoms with van der Waals surface area (Å²) in [5.41, 5.74) is 5.63. The Kier molecular flexibility index (Phi) is 4.17. The Balaban J connectivity index is 2.95. The summed E-state index contributed by atoms with van der Waals surface area (Å²) in [4.78, 5) is 0. The minimum atomic E-state index is 0.295. The molecular weight excluding hydrogens is 188 g/mol. The van der Waals surface area contributed by atoms with Crippen LogP contribution in [-0.4, -0.2) is 13.2 Å². The average molecular weight is 212 g/mol. The SMILES string of the molecule is CCC(C1=C(NN)COCC1)C(C)(C)C. The molecule has 0 fully saturated rings. The highest BCUT2D eigenvalue weighted by atomic mass is 16.5. The fraction of sp³-hybridized carbons (Fsp3) is 0.833. The highest BCUT2D eigenvalue weighted by Crippen LogP contribution is 2.38. The largest absolute Gasteiger partial charge is 0.375 e.